The molecule has 3 nitrogen and oxygen atoms in total. The Labute approximate surface area is 144 Å². The molecule has 0 saturated carbocycles. The maximum Gasteiger partial charge on any atom is 0.262 e. The lowest BCUT2D eigenvalue weighted by atomic mass is 10.2. The Hall–Kier alpha value is -1.04. The van der Waals surface area contributed by atoms with E-state index in [0.717, 1.165) is 14.5 Å². The molecule has 0 aliphatic rings. The van der Waals surface area contributed by atoms with Crippen molar-refractivity contribution in [3.8, 4) is 5.75 Å². The highest BCUT2D eigenvalue weighted by Gasteiger charge is 2.07. The van der Waals surface area contributed by atoms with Crippen molar-refractivity contribution < 1.29 is 9.53 Å². The third-order valence-electron chi connectivity index (χ3n) is 2.65. The SMILES string of the molecule is Cc1ccc(OCC(=O)Nc2ccc(Br)c(Cl)c2)c(Br)c1. The van der Waals surface area contributed by atoms with Crippen LogP contribution in [0.2, 0.25) is 5.02 Å². The number of aryl methyl sites for hydroxylation is 1. The largest absolute Gasteiger partial charge is 0.483 e. The van der Waals surface area contributed by atoms with Crippen LogP contribution in [0, 0.1) is 6.92 Å². The van der Waals surface area contributed by atoms with Gasteiger partial charge in [-0.2, -0.15) is 0 Å². The smallest absolute Gasteiger partial charge is 0.262 e. The molecule has 0 fully saturated rings. The second-order valence-electron chi connectivity index (χ2n) is 4.40. The number of benzene rings is 2. The molecule has 1 amide bonds. The van der Waals surface area contributed by atoms with Crippen molar-refractivity contribution in [3.63, 3.8) is 0 Å². The van der Waals surface area contributed by atoms with Gasteiger partial charge in [0.2, 0.25) is 0 Å². The fourth-order valence-electron chi connectivity index (χ4n) is 1.64. The predicted octanol–water partition coefficient (Wildman–Crippen LogP) is 5.19. The first-order valence-corrected chi connectivity index (χ1v) is 8.06. The quantitative estimate of drug-likeness (QED) is 0.721. The first kappa shape index (κ1) is 16.3. The highest BCUT2D eigenvalue weighted by Crippen LogP contribution is 2.27. The van der Waals surface area contributed by atoms with Gasteiger partial charge in [-0.3, -0.25) is 4.79 Å². The monoisotopic (exact) mass is 431 g/mol. The van der Waals surface area contributed by atoms with Crippen molar-refractivity contribution in [2.24, 2.45) is 0 Å². The number of ether oxygens (including phenoxy) is 1. The van der Waals surface area contributed by atoms with Crippen LogP contribution in [0.15, 0.2) is 45.3 Å². The molecule has 0 aliphatic heterocycles. The summed E-state index contributed by atoms with van der Waals surface area (Å²) >= 11 is 12.7. The third kappa shape index (κ3) is 4.73. The van der Waals surface area contributed by atoms with E-state index in [0.29, 0.717) is 16.5 Å². The molecule has 0 aliphatic carbocycles. The van der Waals surface area contributed by atoms with Gasteiger partial charge in [-0.25, -0.2) is 0 Å². The van der Waals surface area contributed by atoms with Crippen LogP contribution in [0.5, 0.6) is 5.75 Å². The number of rotatable bonds is 4. The highest BCUT2D eigenvalue weighted by atomic mass is 79.9. The van der Waals surface area contributed by atoms with E-state index in [9.17, 15) is 4.79 Å². The molecule has 0 saturated heterocycles. The van der Waals surface area contributed by atoms with Gasteiger partial charge in [0.05, 0.1) is 9.50 Å². The van der Waals surface area contributed by atoms with E-state index in [-0.39, 0.29) is 12.5 Å². The second-order valence-corrected chi connectivity index (χ2v) is 6.52. The number of hydrogen-bond donors (Lipinski definition) is 1. The van der Waals surface area contributed by atoms with Crippen molar-refractivity contribution in [3.05, 3.63) is 55.9 Å². The van der Waals surface area contributed by atoms with E-state index in [1.165, 1.54) is 0 Å². The minimum absolute atomic E-state index is 0.0741. The Bertz CT molecular complexity index is 677. The number of halogens is 3. The zero-order valence-electron chi connectivity index (χ0n) is 11.1. The van der Waals surface area contributed by atoms with Gasteiger partial charge >= 0.3 is 0 Å². The molecule has 0 radical (unpaired) electrons. The van der Waals surface area contributed by atoms with Gasteiger partial charge < -0.3 is 10.1 Å². The number of nitrogens with one attached hydrogen (secondary N) is 1. The summed E-state index contributed by atoms with van der Waals surface area (Å²) in [5, 5.41) is 3.26. The van der Waals surface area contributed by atoms with Crippen LogP contribution in [0.1, 0.15) is 5.56 Å². The molecule has 2 aromatic rings. The van der Waals surface area contributed by atoms with Crippen LogP contribution in [-0.4, -0.2) is 12.5 Å². The Morgan fingerprint density at radius 1 is 1.19 bits per heavy atom. The molecule has 0 heterocycles. The van der Waals surface area contributed by atoms with Gasteiger partial charge in [-0.05, 0) is 74.7 Å². The molecule has 2 aromatic carbocycles. The Balaban J connectivity index is 1.94. The fraction of sp³-hybridized carbons (Fsp3) is 0.133. The molecule has 0 aromatic heterocycles. The van der Waals surface area contributed by atoms with E-state index in [1.54, 1.807) is 18.2 Å². The second kappa shape index (κ2) is 7.29. The molecular weight excluding hydrogens is 421 g/mol. The van der Waals surface area contributed by atoms with E-state index >= 15 is 0 Å². The highest BCUT2D eigenvalue weighted by molar-refractivity contribution is 9.10. The van der Waals surface area contributed by atoms with E-state index < -0.39 is 0 Å². The fourth-order valence-corrected chi connectivity index (χ4v) is 2.67. The summed E-state index contributed by atoms with van der Waals surface area (Å²) in [5.74, 6) is 0.380. The molecule has 21 heavy (non-hydrogen) atoms. The van der Waals surface area contributed by atoms with Crippen LogP contribution in [0.4, 0.5) is 5.69 Å². The van der Waals surface area contributed by atoms with Gasteiger partial charge in [0.25, 0.3) is 5.91 Å². The molecule has 110 valence electrons. The van der Waals surface area contributed by atoms with E-state index in [4.69, 9.17) is 16.3 Å². The minimum Gasteiger partial charge on any atom is -0.483 e. The van der Waals surface area contributed by atoms with E-state index in [2.05, 4.69) is 37.2 Å². The Kier molecular flexibility index (Phi) is 5.67. The lowest BCUT2D eigenvalue weighted by Gasteiger charge is -2.10. The lowest BCUT2D eigenvalue weighted by molar-refractivity contribution is -0.118. The molecule has 0 atom stereocenters. The van der Waals surface area contributed by atoms with E-state index in [1.807, 2.05) is 25.1 Å². The molecular formula is C15H12Br2ClNO2. The first-order chi connectivity index (χ1) is 9.95. The molecule has 2 rings (SSSR count). The summed E-state index contributed by atoms with van der Waals surface area (Å²) in [7, 11) is 0. The molecule has 0 unspecified atom stereocenters. The maximum atomic E-state index is 11.9. The van der Waals surface area contributed by atoms with Gasteiger partial charge in [-0.1, -0.05) is 17.7 Å². The lowest BCUT2D eigenvalue weighted by Crippen LogP contribution is -2.20. The summed E-state index contributed by atoms with van der Waals surface area (Å²) in [6.45, 7) is 1.91. The summed E-state index contributed by atoms with van der Waals surface area (Å²) in [6, 6.07) is 10.9. The van der Waals surface area contributed by atoms with Crippen LogP contribution >= 0.6 is 43.5 Å². The van der Waals surface area contributed by atoms with Crippen molar-refractivity contribution >= 4 is 55.1 Å². The number of carbonyl (C=O) groups is 1. The first-order valence-electron chi connectivity index (χ1n) is 6.09. The summed E-state index contributed by atoms with van der Waals surface area (Å²) in [5.41, 5.74) is 1.74. The molecule has 0 bridgehead atoms. The number of hydrogen-bond acceptors (Lipinski definition) is 2. The van der Waals surface area contributed by atoms with Crippen LogP contribution in [0.3, 0.4) is 0 Å². The van der Waals surface area contributed by atoms with Crippen molar-refractivity contribution in [1.29, 1.82) is 0 Å². The van der Waals surface area contributed by atoms with Gasteiger partial charge in [0, 0.05) is 10.2 Å². The Morgan fingerprint density at radius 2 is 1.95 bits per heavy atom. The number of anilines is 1. The molecule has 0 spiro atoms. The zero-order valence-corrected chi connectivity index (χ0v) is 15.0. The van der Waals surface area contributed by atoms with Crippen molar-refractivity contribution in [2.75, 3.05) is 11.9 Å². The third-order valence-corrected chi connectivity index (χ3v) is 4.50. The average Bonchev–Trinajstić information content (AvgIpc) is 2.42. The molecule has 1 N–H and O–H groups in total. The maximum absolute atomic E-state index is 11.9. The zero-order chi connectivity index (χ0) is 15.4. The normalized spacial score (nSPS) is 10.3. The average molecular weight is 434 g/mol. The Morgan fingerprint density at radius 3 is 2.62 bits per heavy atom. The predicted molar refractivity (Wildman–Crippen MR) is 92.2 cm³/mol. The summed E-state index contributed by atoms with van der Waals surface area (Å²) in [4.78, 5) is 11.9. The number of amides is 1. The van der Waals surface area contributed by atoms with Crippen molar-refractivity contribution in [2.45, 2.75) is 6.92 Å². The van der Waals surface area contributed by atoms with Crippen LogP contribution in [-0.2, 0) is 4.79 Å². The molecule has 6 heteroatoms. The standard InChI is InChI=1S/C15H12Br2ClNO2/c1-9-2-5-14(12(17)6-9)21-8-15(20)19-10-3-4-11(16)13(18)7-10/h2-7H,8H2,1H3,(H,19,20). The van der Waals surface area contributed by atoms with Gasteiger partial charge in [0.15, 0.2) is 6.61 Å². The van der Waals surface area contributed by atoms with Gasteiger partial charge in [0.1, 0.15) is 5.75 Å². The van der Waals surface area contributed by atoms with Crippen molar-refractivity contribution in [1.82, 2.24) is 0 Å². The van der Waals surface area contributed by atoms with Gasteiger partial charge in [-0.15, -0.1) is 0 Å². The van der Waals surface area contributed by atoms with Crippen LogP contribution in [0.25, 0.3) is 0 Å². The van der Waals surface area contributed by atoms with Crippen LogP contribution < -0.4 is 10.1 Å². The summed E-state index contributed by atoms with van der Waals surface area (Å²) < 4.78 is 7.08. The topological polar surface area (TPSA) is 38.3 Å². The number of carbonyl (C=O) groups excluding carboxylic acids is 1. The minimum atomic E-state index is -0.249. The summed E-state index contributed by atoms with van der Waals surface area (Å²) in [6.07, 6.45) is 0.